The molecule has 2 aliphatic rings. The van der Waals surface area contributed by atoms with Crippen LogP contribution in [-0.4, -0.2) is 24.0 Å². The monoisotopic (exact) mass is 340 g/mol. The summed E-state index contributed by atoms with van der Waals surface area (Å²) in [6, 6.07) is 8.74. The van der Waals surface area contributed by atoms with Crippen molar-refractivity contribution < 1.29 is 19.2 Å². The summed E-state index contributed by atoms with van der Waals surface area (Å²) in [5, 5.41) is 14.1. The van der Waals surface area contributed by atoms with Crippen LogP contribution in [0.4, 0.5) is 11.4 Å². The maximum Gasteiger partial charge on any atom is 0.272 e. The highest BCUT2D eigenvalue weighted by Gasteiger charge is 2.30. The van der Waals surface area contributed by atoms with Crippen molar-refractivity contribution in [2.24, 2.45) is 0 Å². The Labute approximate surface area is 143 Å². The molecule has 25 heavy (non-hydrogen) atoms. The van der Waals surface area contributed by atoms with Crippen LogP contribution >= 0.6 is 0 Å². The lowest BCUT2D eigenvalue weighted by Crippen LogP contribution is -2.25. The molecule has 0 spiro atoms. The zero-order chi connectivity index (χ0) is 17.6. The molecular formula is C18H16N2O5. The summed E-state index contributed by atoms with van der Waals surface area (Å²) < 4.78 is 11.2. The molecule has 0 aromatic heterocycles. The molecule has 1 unspecified atom stereocenters. The molecule has 0 fully saturated rings. The average Bonchev–Trinajstić information content (AvgIpc) is 2.59. The molecule has 2 aromatic carbocycles. The van der Waals surface area contributed by atoms with Gasteiger partial charge in [-0.25, -0.2) is 0 Å². The number of rotatable bonds is 2. The van der Waals surface area contributed by atoms with E-state index in [4.69, 9.17) is 9.47 Å². The van der Waals surface area contributed by atoms with Crippen molar-refractivity contribution in [2.75, 3.05) is 18.5 Å². The van der Waals surface area contributed by atoms with E-state index >= 15 is 0 Å². The molecule has 4 rings (SSSR count). The van der Waals surface area contributed by atoms with Gasteiger partial charge in [-0.15, -0.1) is 0 Å². The van der Waals surface area contributed by atoms with Gasteiger partial charge in [0.15, 0.2) is 11.5 Å². The van der Waals surface area contributed by atoms with Crippen molar-refractivity contribution in [3.05, 3.63) is 57.1 Å². The van der Waals surface area contributed by atoms with Gasteiger partial charge in [-0.2, -0.15) is 0 Å². The molecule has 0 saturated heterocycles. The Hall–Kier alpha value is -3.09. The lowest BCUT2D eigenvalue weighted by atomic mass is 9.84. The Morgan fingerprint density at radius 2 is 1.88 bits per heavy atom. The Morgan fingerprint density at radius 1 is 1.16 bits per heavy atom. The van der Waals surface area contributed by atoms with E-state index in [9.17, 15) is 14.9 Å². The molecule has 2 aliphatic heterocycles. The SMILES string of the molecule is Cc1ccc(C2CC(=O)Nc3cc4c(cc32)OCCO4)cc1[N+](=O)[O-]. The third-order valence-corrected chi connectivity index (χ3v) is 4.59. The summed E-state index contributed by atoms with van der Waals surface area (Å²) in [5.74, 6) is 0.838. The van der Waals surface area contributed by atoms with Crippen molar-refractivity contribution in [2.45, 2.75) is 19.3 Å². The minimum absolute atomic E-state index is 0.0579. The van der Waals surface area contributed by atoms with Gasteiger partial charge in [0.2, 0.25) is 5.91 Å². The number of hydrogen-bond donors (Lipinski definition) is 1. The van der Waals surface area contributed by atoms with E-state index in [1.807, 2.05) is 12.1 Å². The molecule has 1 atom stereocenters. The first-order chi connectivity index (χ1) is 12.0. The molecule has 2 heterocycles. The molecule has 128 valence electrons. The standard InChI is InChI=1S/C18H16N2O5/c1-10-2-3-11(6-15(10)20(22)23)12-8-18(21)19-14-9-17-16(7-13(12)14)24-4-5-25-17/h2-3,6-7,9,12H,4-5,8H2,1H3,(H,19,21). The fraction of sp³-hybridized carbons (Fsp3) is 0.278. The molecule has 0 bridgehead atoms. The Morgan fingerprint density at radius 3 is 2.60 bits per heavy atom. The number of hydrogen-bond acceptors (Lipinski definition) is 5. The number of ether oxygens (including phenoxy) is 2. The molecule has 2 aromatic rings. The van der Waals surface area contributed by atoms with Gasteiger partial charge in [0, 0.05) is 35.7 Å². The van der Waals surface area contributed by atoms with E-state index in [1.54, 1.807) is 25.1 Å². The number of nitro groups is 1. The van der Waals surface area contributed by atoms with Crippen molar-refractivity contribution in [1.82, 2.24) is 0 Å². The van der Waals surface area contributed by atoms with Crippen LogP contribution in [0.5, 0.6) is 11.5 Å². The third-order valence-electron chi connectivity index (χ3n) is 4.59. The van der Waals surface area contributed by atoms with Crippen molar-refractivity contribution in [3.63, 3.8) is 0 Å². The first-order valence-corrected chi connectivity index (χ1v) is 8.01. The van der Waals surface area contributed by atoms with Gasteiger partial charge in [0.05, 0.1) is 4.92 Å². The van der Waals surface area contributed by atoms with E-state index in [1.165, 1.54) is 0 Å². The Kier molecular flexibility index (Phi) is 3.56. The first-order valence-electron chi connectivity index (χ1n) is 8.01. The van der Waals surface area contributed by atoms with Gasteiger partial charge < -0.3 is 14.8 Å². The maximum absolute atomic E-state index is 12.1. The van der Waals surface area contributed by atoms with Crippen molar-refractivity contribution >= 4 is 17.3 Å². The number of nitro benzene ring substituents is 1. The van der Waals surface area contributed by atoms with E-state index in [0.717, 1.165) is 11.1 Å². The zero-order valence-corrected chi connectivity index (χ0v) is 13.6. The normalized spacial score (nSPS) is 18.3. The number of benzene rings is 2. The summed E-state index contributed by atoms with van der Waals surface area (Å²) in [6.45, 7) is 2.64. The Bertz CT molecular complexity index is 893. The summed E-state index contributed by atoms with van der Waals surface area (Å²) in [4.78, 5) is 23.0. The van der Waals surface area contributed by atoms with E-state index in [0.29, 0.717) is 36.0 Å². The van der Waals surface area contributed by atoms with Gasteiger partial charge in [-0.3, -0.25) is 14.9 Å². The second-order valence-corrected chi connectivity index (χ2v) is 6.19. The number of anilines is 1. The van der Waals surface area contributed by atoms with E-state index in [2.05, 4.69) is 5.32 Å². The Balaban J connectivity index is 1.83. The van der Waals surface area contributed by atoms with Crippen LogP contribution in [0, 0.1) is 17.0 Å². The quantitative estimate of drug-likeness (QED) is 0.670. The van der Waals surface area contributed by atoms with Crippen LogP contribution in [0.15, 0.2) is 30.3 Å². The molecule has 0 radical (unpaired) electrons. The van der Waals surface area contributed by atoms with Crippen molar-refractivity contribution in [1.29, 1.82) is 0 Å². The number of carbonyl (C=O) groups excluding carboxylic acids is 1. The van der Waals surface area contributed by atoms with Gasteiger partial charge in [-0.05, 0) is 24.1 Å². The highest BCUT2D eigenvalue weighted by atomic mass is 16.6. The zero-order valence-electron chi connectivity index (χ0n) is 13.6. The summed E-state index contributed by atoms with van der Waals surface area (Å²) in [5.41, 5.74) is 2.93. The van der Waals surface area contributed by atoms with Gasteiger partial charge in [-0.1, -0.05) is 12.1 Å². The lowest BCUT2D eigenvalue weighted by molar-refractivity contribution is -0.385. The number of nitrogens with one attached hydrogen (secondary N) is 1. The predicted molar refractivity (Wildman–Crippen MR) is 90.4 cm³/mol. The molecular weight excluding hydrogens is 324 g/mol. The lowest BCUT2D eigenvalue weighted by Gasteiger charge is -2.29. The summed E-state index contributed by atoms with van der Waals surface area (Å²) >= 11 is 0. The highest BCUT2D eigenvalue weighted by molar-refractivity contribution is 5.96. The van der Waals surface area contributed by atoms with Crippen LogP contribution < -0.4 is 14.8 Å². The van der Waals surface area contributed by atoms with Crippen molar-refractivity contribution in [3.8, 4) is 11.5 Å². The molecule has 7 heteroatoms. The molecule has 7 nitrogen and oxygen atoms in total. The van der Waals surface area contributed by atoms with Gasteiger partial charge in [0.1, 0.15) is 13.2 Å². The van der Waals surface area contributed by atoms with Gasteiger partial charge >= 0.3 is 0 Å². The second-order valence-electron chi connectivity index (χ2n) is 6.19. The topological polar surface area (TPSA) is 90.7 Å². The molecule has 0 saturated carbocycles. The predicted octanol–water partition coefficient (Wildman–Crippen LogP) is 3.15. The summed E-state index contributed by atoms with van der Waals surface area (Å²) in [6.07, 6.45) is 0.229. The van der Waals surface area contributed by atoms with Crippen LogP contribution in [0.3, 0.4) is 0 Å². The van der Waals surface area contributed by atoms with Crippen LogP contribution in [0.2, 0.25) is 0 Å². The minimum Gasteiger partial charge on any atom is -0.486 e. The average molecular weight is 340 g/mol. The number of aryl methyl sites for hydroxylation is 1. The minimum atomic E-state index is -0.396. The van der Waals surface area contributed by atoms with Crippen LogP contribution in [0.25, 0.3) is 0 Å². The van der Waals surface area contributed by atoms with Crippen LogP contribution in [0.1, 0.15) is 29.0 Å². The fourth-order valence-electron chi connectivity index (χ4n) is 3.33. The first kappa shape index (κ1) is 15.4. The number of fused-ring (bicyclic) bond motifs is 2. The fourth-order valence-corrected chi connectivity index (χ4v) is 3.33. The van der Waals surface area contributed by atoms with Gasteiger partial charge in [0.25, 0.3) is 5.69 Å². The third kappa shape index (κ3) is 2.67. The second kappa shape index (κ2) is 5.77. The van der Waals surface area contributed by atoms with Crippen LogP contribution in [-0.2, 0) is 4.79 Å². The van der Waals surface area contributed by atoms with E-state index < -0.39 is 4.92 Å². The number of carbonyl (C=O) groups is 1. The largest absolute Gasteiger partial charge is 0.486 e. The molecule has 1 amide bonds. The highest BCUT2D eigenvalue weighted by Crippen LogP contribution is 2.44. The smallest absolute Gasteiger partial charge is 0.272 e. The molecule has 0 aliphatic carbocycles. The molecule has 1 N–H and O–H groups in total. The number of nitrogens with zero attached hydrogens (tertiary/aromatic N) is 1. The maximum atomic E-state index is 12.1. The summed E-state index contributed by atoms with van der Waals surface area (Å²) in [7, 11) is 0. The van der Waals surface area contributed by atoms with E-state index in [-0.39, 0.29) is 23.9 Å². The number of amides is 1.